The average Bonchev–Trinajstić information content (AvgIpc) is 2.69. The van der Waals surface area contributed by atoms with Crippen molar-refractivity contribution >= 4 is 11.9 Å². The number of H-pyrrole nitrogens is 1. The van der Waals surface area contributed by atoms with E-state index in [2.05, 4.69) is 21.2 Å². The number of aromatic nitrogens is 2. The first kappa shape index (κ1) is 10.8. The van der Waals surface area contributed by atoms with Gasteiger partial charge in [0.05, 0.1) is 12.5 Å². The van der Waals surface area contributed by atoms with Gasteiger partial charge in [-0.3, -0.25) is 4.79 Å². The second-order valence-corrected chi connectivity index (χ2v) is 2.74. The van der Waals surface area contributed by atoms with Crippen LogP contribution in [0.2, 0.25) is 0 Å². The summed E-state index contributed by atoms with van der Waals surface area (Å²) in [5.74, 6) is 0.466. The van der Waals surface area contributed by atoms with Crippen LogP contribution < -0.4 is 5.32 Å². The van der Waals surface area contributed by atoms with Crippen molar-refractivity contribution in [2.75, 3.05) is 0 Å². The zero-order chi connectivity index (χ0) is 11.3. The summed E-state index contributed by atoms with van der Waals surface area (Å²) in [4.78, 5) is 28.2. The lowest BCUT2D eigenvalue weighted by Crippen LogP contribution is -2.40. The third-order valence-electron chi connectivity index (χ3n) is 1.67. The average molecular weight is 207 g/mol. The molecule has 3 N–H and O–H groups in total. The molecule has 0 spiro atoms. The Bertz CT molecular complexity index is 391. The van der Waals surface area contributed by atoms with Gasteiger partial charge in [0.1, 0.15) is 11.7 Å². The van der Waals surface area contributed by atoms with E-state index >= 15 is 0 Å². The molecule has 78 valence electrons. The third-order valence-corrected chi connectivity index (χ3v) is 1.67. The molecule has 1 heterocycles. The number of aliphatic carboxylic acids is 1. The van der Waals surface area contributed by atoms with Gasteiger partial charge in [0.15, 0.2) is 0 Å². The highest BCUT2D eigenvalue weighted by Gasteiger charge is 2.19. The molecule has 1 atom stereocenters. The van der Waals surface area contributed by atoms with Crippen molar-refractivity contribution in [2.24, 2.45) is 0 Å². The molecule has 1 aromatic rings. The minimum atomic E-state index is -1.17. The number of terminal acetylenes is 1. The lowest BCUT2D eigenvalue weighted by Gasteiger charge is -2.10. The van der Waals surface area contributed by atoms with Crippen molar-refractivity contribution in [3.63, 3.8) is 0 Å². The van der Waals surface area contributed by atoms with Gasteiger partial charge >= 0.3 is 5.97 Å². The Kier molecular flexibility index (Phi) is 3.46. The smallest absolute Gasteiger partial charge is 0.327 e. The summed E-state index contributed by atoms with van der Waals surface area (Å²) < 4.78 is 0. The summed E-state index contributed by atoms with van der Waals surface area (Å²) in [6.07, 6.45) is 7.54. The number of nitrogens with one attached hydrogen (secondary N) is 2. The zero-order valence-electron chi connectivity index (χ0n) is 7.73. The van der Waals surface area contributed by atoms with Crippen LogP contribution >= 0.6 is 0 Å². The lowest BCUT2D eigenvalue weighted by atomic mass is 10.2. The monoisotopic (exact) mass is 207 g/mol. The number of aromatic amines is 1. The van der Waals surface area contributed by atoms with Gasteiger partial charge in [-0.2, -0.15) is 0 Å². The first-order valence-corrected chi connectivity index (χ1v) is 4.10. The minimum absolute atomic E-state index is 0.0603. The minimum Gasteiger partial charge on any atom is -0.480 e. The number of carboxylic acid groups (broad SMARTS) is 1. The highest BCUT2D eigenvalue weighted by Crippen LogP contribution is 1.95. The van der Waals surface area contributed by atoms with E-state index in [1.807, 2.05) is 0 Å². The molecule has 6 heteroatoms. The molecule has 1 aromatic heterocycles. The fourth-order valence-electron chi connectivity index (χ4n) is 0.934. The van der Waals surface area contributed by atoms with E-state index in [4.69, 9.17) is 11.5 Å². The molecule has 1 unspecified atom stereocenters. The van der Waals surface area contributed by atoms with E-state index < -0.39 is 17.9 Å². The molecule has 0 bridgehead atoms. The summed E-state index contributed by atoms with van der Waals surface area (Å²) in [5.41, 5.74) is 0.193. The largest absolute Gasteiger partial charge is 0.480 e. The molecule has 15 heavy (non-hydrogen) atoms. The first-order chi connectivity index (χ1) is 7.15. The number of amides is 1. The topological polar surface area (TPSA) is 95.1 Å². The normalized spacial score (nSPS) is 11.4. The molecule has 0 saturated heterocycles. The van der Waals surface area contributed by atoms with Gasteiger partial charge in [-0.25, -0.2) is 9.78 Å². The maximum absolute atomic E-state index is 11.4. The Morgan fingerprint density at radius 1 is 1.73 bits per heavy atom. The number of nitrogens with zero attached hydrogens (tertiary/aromatic N) is 1. The van der Waals surface area contributed by atoms with E-state index in [1.54, 1.807) is 0 Å². The fraction of sp³-hybridized carbons (Fsp3) is 0.222. The summed E-state index contributed by atoms with van der Waals surface area (Å²) >= 11 is 0. The molecule has 0 radical (unpaired) electrons. The fourth-order valence-corrected chi connectivity index (χ4v) is 0.934. The van der Waals surface area contributed by atoms with Crippen LogP contribution in [-0.2, 0) is 4.79 Å². The van der Waals surface area contributed by atoms with Crippen molar-refractivity contribution in [1.29, 1.82) is 0 Å². The molecule has 0 saturated carbocycles. The van der Waals surface area contributed by atoms with E-state index in [0.29, 0.717) is 0 Å². The van der Waals surface area contributed by atoms with Crippen molar-refractivity contribution < 1.29 is 14.7 Å². The molecular formula is C9H9N3O3. The van der Waals surface area contributed by atoms with Crippen molar-refractivity contribution in [3.8, 4) is 12.3 Å². The van der Waals surface area contributed by atoms with Crippen LogP contribution in [0.25, 0.3) is 0 Å². The summed E-state index contributed by atoms with van der Waals surface area (Å²) in [7, 11) is 0. The van der Waals surface area contributed by atoms with Crippen molar-refractivity contribution in [1.82, 2.24) is 15.3 Å². The number of hydrogen-bond donors (Lipinski definition) is 3. The number of carbonyl (C=O) groups is 2. The number of hydrogen-bond acceptors (Lipinski definition) is 3. The lowest BCUT2D eigenvalue weighted by molar-refractivity contribution is -0.139. The molecule has 0 aliphatic rings. The van der Waals surface area contributed by atoms with Crippen LogP contribution in [0.5, 0.6) is 0 Å². The molecule has 0 aliphatic heterocycles. The predicted molar refractivity (Wildman–Crippen MR) is 50.9 cm³/mol. The molecule has 0 fully saturated rings. The van der Waals surface area contributed by atoms with Gasteiger partial charge in [0, 0.05) is 6.42 Å². The predicted octanol–water partition coefficient (Wildman–Crippen LogP) is -0.384. The molecule has 0 aliphatic carbocycles. The van der Waals surface area contributed by atoms with Crippen molar-refractivity contribution in [3.05, 3.63) is 18.2 Å². The number of rotatable bonds is 4. The van der Waals surface area contributed by atoms with Crippen LogP contribution in [0.3, 0.4) is 0 Å². The Hall–Kier alpha value is -2.29. The summed E-state index contributed by atoms with van der Waals surface area (Å²) in [6.45, 7) is 0. The Morgan fingerprint density at radius 3 is 2.93 bits per heavy atom. The number of carbonyl (C=O) groups excluding carboxylic acids is 1. The second kappa shape index (κ2) is 4.81. The van der Waals surface area contributed by atoms with Crippen molar-refractivity contribution in [2.45, 2.75) is 12.5 Å². The van der Waals surface area contributed by atoms with E-state index in [9.17, 15) is 9.59 Å². The zero-order valence-corrected chi connectivity index (χ0v) is 7.73. The maximum Gasteiger partial charge on any atom is 0.327 e. The van der Waals surface area contributed by atoms with Crippen LogP contribution in [0.4, 0.5) is 0 Å². The second-order valence-electron chi connectivity index (χ2n) is 2.74. The van der Waals surface area contributed by atoms with Gasteiger partial charge in [-0.15, -0.1) is 12.3 Å². The summed E-state index contributed by atoms with van der Waals surface area (Å²) in [6, 6.07) is -1.08. The van der Waals surface area contributed by atoms with Crippen LogP contribution in [0.1, 0.15) is 16.9 Å². The molecule has 6 nitrogen and oxygen atoms in total. The molecule has 1 amide bonds. The molecular weight excluding hydrogens is 198 g/mol. The standard InChI is InChI=1S/C9H9N3O3/c1-2-3-6(9(14)15)12-8(13)7-4-10-5-11-7/h1,4-6H,3H2,(H,10,11)(H,12,13)(H,14,15). The Balaban J connectivity index is 2.64. The number of imidazole rings is 1. The van der Waals surface area contributed by atoms with Gasteiger partial charge in [-0.05, 0) is 0 Å². The van der Waals surface area contributed by atoms with Gasteiger partial charge in [0.2, 0.25) is 0 Å². The van der Waals surface area contributed by atoms with Gasteiger partial charge < -0.3 is 15.4 Å². The van der Waals surface area contributed by atoms with E-state index in [1.165, 1.54) is 12.5 Å². The molecule has 0 aromatic carbocycles. The van der Waals surface area contributed by atoms with Crippen LogP contribution in [-0.4, -0.2) is 33.0 Å². The Morgan fingerprint density at radius 2 is 2.47 bits per heavy atom. The summed E-state index contributed by atoms with van der Waals surface area (Å²) in [5, 5.41) is 11.0. The quantitative estimate of drug-likeness (QED) is 0.586. The van der Waals surface area contributed by atoms with E-state index in [-0.39, 0.29) is 12.1 Å². The Labute approximate surface area is 85.7 Å². The first-order valence-electron chi connectivity index (χ1n) is 4.10. The molecule has 1 rings (SSSR count). The van der Waals surface area contributed by atoms with Gasteiger partial charge in [0.25, 0.3) is 5.91 Å². The number of carboxylic acids is 1. The highest BCUT2D eigenvalue weighted by molar-refractivity contribution is 5.94. The van der Waals surface area contributed by atoms with Gasteiger partial charge in [-0.1, -0.05) is 0 Å². The van der Waals surface area contributed by atoms with Crippen LogP contribution in [0, 0.1) is 12.3 Å². The highest BCUT2D eigenvalue weighted by atomic mass is 16.4. The van der Waals surface area contributed by atoms with Crippen LogP contribution in [0.15, 0.2) is 12.5 Å². The van der Waals surface area contributed by atoms with E-state index in [0.717, 1.165) is 0 Å². The third kappa shape index (κ3) is 2.84. The SMILES string of the molecule is C#CCC(NC(=O)c1cnc[nH]1)C(=O)O. The maximum atomic E-state index is 11.4.